The van der Waals surface area contributed by atoms with E-state index < -0.39 is 29.8 Å². The Morgan fingerprint density at radius 1 is 1.11 bits per heavy atom. The normalized spacial score (nSPS) is 29.5. The molecule has 0 unspecified atom stereocenters. The topological polar surface area (TPSA) is 95.9 Å². The van der Waals surface area contributed by atoms with Crippen molar-refractivity contribution in [2.75, 3.05) is 13.2 Å². The van der Waals surface area contributed by atoms with Crippen molar-refractivity contribution in [1.29, 1.82) is 0 Å². The first-order chi connectivity index (χ1) is 17.0. The molecular formula is C28H38N2O5. The first-order valence-electron chi connectivity index (χ1n) is 13.1. The van der Waals surface area contributed by atoms with Gasteiger partial charge in [-0.3, -0.25) is 14.4 Å². The van der Waals surface area contributed by atoms with Crippen LogP contribution in [0.1, 0.15) is 64.0 Å². The number of benzene rings is 1. The van der Waals surface area contributed by atoms with Crippen LogP contribution in [-0.4, -0.2) is 53.1 Å². The number of likely N-dealkylation sites (tertiary alicyclic amines) is 1. The van der Waals surface area contributed by atoms with E-state index in [1.54, 1.807) is 11.8 Å². The third-order valence-electron chi connectivity index (χ3n) is 7.99. The maximum absolute atomic E-state index is 14.1. The van der Waals surface area contributed by atoms with E-state index in [0.29, 0.717) is 6.42 Å². The van der Waals surface area contributed by atoms with Crippen LogP contribution < -0.4 is 5.32 Å². The molecule has 0 bridgehead atoms. The predicted octanol–water partition coefficient (Wildman–Crippen LogP) is 3.39. The third kappa shape index (κ3) is 5.01. The second kappa shape index (κ2) is 11.4. The summed E-state index contributed by atoms with van der Waals surface area (Å²) >= 11 is 0. The summed E-state index contributed by atoms with van der Waals surface area (Å²) in [5.41, 5.74) is 0.765. The summed E-state index contributed by atoms with van der Waals surface area (Å²) in [6.45, 7) is 3.68. The lowest BCUT2D eigenvalue weighted by Gasteiger charge is -2.35. The standard InChI is InChI=1S/C28H38N2O5/c1-3-18-15-16-21-24(23(18)28(34)35-4-2)27(33)30(22(17-31)19-11-7-5-8-12-19)25(21)26(32)29-20-13-9-6-10-14-20/h5,7-8,11-12,15-16,18,20-25,31H,3-4,6,9-10,13-14,17H2,1-2H3,(H,29,32)/t18-,21+,22-,23-,24+,25+/m1/s1. The highest BCUT2D eigenvalue weighted by atomic mass is 16.5. The summed E-state index contributed by atoms with van der Waals surface area (Å²) < 4.78 is 5.40. The van der Waals surface area contributed by atoms with Crippen LogP contribution in [0.2, 0.25) is 0 Å². The number of carbonyl (C=O) groups excluding carboxylic acids is 3. The summed E-state index contributed by atoms with van der Waals surface area (Å²) in [6, 6.07) is 7.94. The van der Waals surface area contributed by atoms with Crippen LogP contribution in [0.3, 0.4) is 0 Å². The molecule has 1 saturated carbocycles. The third-order valence-corrected chi connectivity index (χ3v) is 7.99. The zero-order chi connectivity index (χ0) is 24.9. The van der Waals surface area contributed by atoms with Gasteiger partial charge in [-0.05, 0) is 37.7 Å². The minimum atomic E-state index is -0.794. The smallest absolute Gasteiger partial charge is 0.310 e. The Hall–Kier alpha value is -2.67. The zero-order valence-corrected chi connectivity index (χ0v) is 20.8. The van der Waals surface area contributed by atoms with Crippen LogP contribution in [0.25, 0.3) is 0 Å². The van der Waals surface area contributed by atoms with E-state index in [-0.39, 0.29) is 43.0 Å². The number of fused-ring (bicyclic) bond motifs is 1. The first-order valence-corrected chi connectivity index (χ1v) is 13.1. The van der Waals surface area contributed by atoms with E-state index in [2.05, 4.69) is 5.32 Å². The SMILES string of the molecule is CCOC(=O)[C@H]1[C@H]2C(=O)N([C@H](CO)c3ccccc3)[C@H](C(=O)NC3CCCCC3)[C@H]2C=C[C@H]1CC. The Morgan fingerprint density at radius 3 is 2.46 bits per heavy atom. The van der Waals surface area contributed by atoms with E-state index in [4.69, 9.17) is 4.74 Å². The molecule has 3 aliphatic rings. The summed E-state index contributed by atoms with van der Waals surface area (Å²) in [7, 11) is 0. The molecule has 1 saturated heterocycles. The number of aliphatic hydroxyl groups is 1. The average Bonchev–Trinajstić information content (AvgIpc) is 3.17. The Bertz CT molecular complexity index is 927. The second-order valence-electron chi connectivity index (χ2n) is 9.98. The molecule has 35 heavy (non-hydrogen) atoms. The number of aliphatic hydroxyl groups excluding tert-OH is 1. The number of ether oxygens (including phenoxy) is 1. The summed E-state index contributed by atoms with van der Waals surface area (Å²) in [5, 5.41) is 13.6. The number of nitrogens with one attached hydrogen (secondary N) is 1. The molecule has 2 amide bonds. The molecule has 0 aromatic heterocycles. The fourth-order valence-corrected chi connectivity index (χ4v) is 6.29. The molecule has 0 spiro atoms. The van der Waals surface area contributed by atoms with E-state index in [9.17, 15) is 19.5 Å². The zero-order valence-electron chi connectivity index (χ0n) is 20.8. The molecular weight excluding hydrogens is 444 g/mol. The predicted molar refractivity (Wildman–Crippen MR) is 132 cm³/mol. The Labute approximate surface area is 207 Å². The van der Waals surface area contributed by atoms with Gasteiger partial charge < -0.3 is 20.1 Å². The lowest BCUT2D eigenvalue weighted by molar-refractivity contribution is -0.156. The van der Waals surface area contributed by atoms with Gasteiger partial charge >= 0.3 is 5.97 Å². The molecule has 1 aliphatic heterocycles. The molecule has 190 valence electrons. The van der Waals surface area contributed by atoms with Crippen LogP contribution in [0.4, 0.5) is 0 Å². The summed E-state index contributed by atoms with van der Waals surface area (Å²) in [6.07, 6.45) is 9.83. The van der Waals surface area contributed by atoms with E-state index >= 15 is 0 Å². The number of nitrogens with zero attached hydrogens (tertiary/aromatic N) is 1. The van der Waals surface area contributed by atoms with Gasteiger partial charge in [0.25, 0.3) is 0 Å². The molecule has 6 atom stereocenters. The highest BCUT2D eigenvalue weighted by molar-refractivity contribution is 5.96. The van der Waals surface area contributed by atoms with Gasteiger partial charge in [0.2, 0.25) is 11.8 Å². The molecule has 4 rings (SSSR count). The van der Waals surface area contributed by atoms with Crippen molar-refractivity contribution >= 4 is 17.8 Å². The Balaban J connectivity index is 1.74. The number of allylic oxidation sites excluding steroid dienone is 1. The van der Waals surface area contributed by atoms with E-state index in [0.717, 1.165) is 31.2 Å². The molecule has 1 aromatic rings. The average molecular weight is 483 g/mol. The second-order valence-corrected chi connectivity index (χ2v) is 9.98. The van der Waals surface area contributed by atoms with Crippen molar-refractivity contribution in [2.45, 2.75) is 70.5 Å². The van der Waals surface area contributed by atoms with Gasteiger partial charge in [-0.1, -0.05) is 68.7 Å². The van der Waals surface area contributed by atoms with Crippen molar-refractivity contribution in [1.82, 2.24) is 10.2 Å². The maximum atomic E-state index is 14.1. The van der Waals surface area contributed by atoms with Crippen LogP contribution in [0.15, 0.2) is 42.5 Å². The fraction of sp³-hybridized carbons (Fsp3) is 0.607. The van der Waals surface area contributed by atoms with Gasteiger partial charge in [0.05, 0.1) is 31.1 Å². The van der Waals surface area contributed by atoms with Crippen LogP contribution in [0, 0.1) is 23.7 Å². The van der Waals surface area contributed by atoms with Gasteiger partial charge in [0, 0.05) is 12.0 Å². The number of esters is 1. The molecule has 0 radical (unpaired) electrons. The molecule has 2 aliphatic carbocycles. The van der Waals surface area contributed by atoms with Crippen molar-refractivity contribution in [3.05, 3.63) is 48.0 Å². The first kappa shape index (κ1) is 25.4. The van der Waals surface area contributed by atoms with Gasteiger partial charge in [-0.2, -0.15) is 0 Å². The highest BCUT2D eigenvalue weighted by Crippen LogP contribution is 2.47. The Morgan fingerprint density at radius 2 is 1.83 bits per heavy atom. The van der Waals surface area contributed by atoms with Gasteiger partial charge in [-0.15, -0.1) is 0 Å². The maximum Gasteiger partial charge on any atom is 0.310 e. The number of hydrogen-bond donors (Lipinski definition) is 2. The Kier molecular flexibility index (Phi) is 8.26. The highest BCUT2D eigenvalue weighted by Gasteiger charge is 2.59. The van der Waals surface area contributed by atoms with Crippen LogP contribution >= 0.6 is 0 Å². The minimum absolute atomic E-state index is 0.0911. The van der Waals surface area contributed by atoms with Crippen molar-refractivity contribution in [3.8, 4) is 0 Å². The van der Waals surface area contributed by atoms with Gasteiger partial charge in [0.15, 0.2) is 0 Å². The number of hydrogen-bond acceptors (Lipinski definition) is 5. The monoisotopic (exact) mass is 482 g/mol. The summed E-state index contributed by atoms with van der Waals surface area (Å²) in [4.78, 5) is 42.5. The molecule has 2 N–H and O–H groups in total. The number of carbonyl (C=O) groups is 3. The molecule has 1 heterocycles. The lowest BCUT2D eigenvalue weighted by Crippen LogP contribution is -2.51. The van der Waals surface area contributed by atoms with Crippen LogP contribution in [0.5, 0.6) is 0 Å². The van der Waals surface area contributed by atoms with Gasteiger partial charge in [-0.25, -0.2) is 0 Å². The van der Waals surface area contributed by atoms with Crippen molar-refractivity contribution in [3.63, 3.8) is 0 Å². The minimum Gasteiger partial charge on any atom is -0.466 e. The quantitative estimate of drug-likeness (QED) is 0.437. The fourth-order valence-electron chi connectivity index (χ4n) is 6.29. The molecule has 7 nitrogen and oxygen atoms in total. The van der Waals surface area contributed by atoms with Gasteiger partial charge in [0.1, 0.15) is 6.04 Å². The molecule has 2 fully saturated rings. The van der Waals surface area contributed by atoms with Crippen molar-refractivity contribution < 1.29 is 24.2 Å². The van der Waals surface area contributed by atoms with E-state index in [1.807, 2.05) is 49.4 Å². The largest absolute Gasteiger partial charge is 0.466 e. The van der Waals surface area contributed by atoms with Crippen molar-refractivity contribution in [2.24, 2.45) is 23.7 Å². The number of amides is 2. The van der Waals surface area contributed by atoms with Crippen LogP contribution in [-0.2, 0) is 19.1 Å². The van der Waals surface area contributed by atoms with E-state index in [1.165, 1.54) is 6.42 Å². The lowest BCUT2D eigenvalue weighted by atomic mass is 9.69. The number of rotatable bonds is 8. The molecule has 7 heteroatoms. The summed E-state index contributed by atoms with van der Waals surface area (Å²) in [5.74, 6) is -2.78. The molecule has 1 aromatic carbocycles.